The van der Waals surface area contributed by atoms with Crippen LogP contribution in [0.15, 0.2) is 22.7 Å². The smallest absolute Gasteiger partial charge is 0.355 e. The molecule has 0 spiro atoms. The van der Waals surface area contributed by atoms with Crippen molar-refractivity contribution in [2.75, 3.05) is 0 Å². The second-order valence-electron chi connectivity index (χ2n) is 3.16. The molecule has 1 heterocycles. The first-order chi connectivity index (χ1) is 7.54. The first-order valence-electron chi connectivity index (χ1n) is 4.35. The molecule has 0 radical (unpaired) electrons. The van der Waals surface area contributed by atoms with Gasteiger partial charge in [0.15, 0.2) is 11.3 Å². The predicted octanol–water partition coefficient (Wildman–Crippen LogP) is 2.91. The Balaban J connectivity index is 2.67. The number of nitrogens with zero attached hydrogens (tertiary/aromatic N) is 2. The Kier molecular flexibility index (Phi) is 2.31. The largest absolute Gasteiger partial charge is 0.437 e. The molecule has 3 nitrogen and oxygen atoms in total. The second-order valence-corrected chi connectivity index (χ2v) is 3.16. The lowest BCUT2D eigenvalue weighted by molar-refractivity contribution is -0.141. The van der Waals surface area contributed by atoms with Crippen molar-refractivity contribution in [2.24, 2.45) is 0 Å². The number of para-hydroxylation sites is 1. The summed E-state index contributed by atoms with van der Waals surface area (Å²) in [6.07, 6.45) is -4.56. The van der Waals surface area contributed by atoms with Crippen LogP contribution < -0.4 is 0 Å². The van der Waals surface area contributed by atoms with Crippen LogP contribution in [-0.2, 0) is 12.6 Å². The average Bonchev–Trinajstić information content (AvgIpc) is 2.62. The molecule has 2 aromatic rings. The van der Waals surface area contributed by atoms with Crippen LogP contribution >= 0.6 is 0 Å². The van der Waals surface area contributed by atoms with E-state index in [-0.39, 0.29) is 17.4 Å². The molecule has 0 amide bonds. The highest BCUT2D eigenvalue weighted by Crippen LogP contribution is 2.34. The lowest BCUT2D eigenvalue weighted by atomic mass is 10.1. The zero-order valence-corrected chi connectivity index (χ0v) is 7.88. The predicted molar refractivity (Wildman–Crippen MR) is 48.3 cm³/mol. The quantitative estimate of drug-likeness (QED) is 0.751. The lowest BCUT2D eigenvalue weighted by Crippen LogP contribution is -2.05. The summed E-state index contributed by atoms with van der Waals surface area (Å²) in [5.74, 6) is 0. The number of alkyl halides is 3. The van der Waals surface area contributed by atoms with Crippen molar-refractivity contribution in [1.82, 2.24) is 5.16 Å². The minimum Gasteiger partial charge on any atom is -0.355 e. The lowest BCUT2D eigenvalue weighted by Gasteiger charge is -2.00. The van der Waals surface area contributed by atoms with E-state index >= 15 is 0 Å². The highest BCUT2D eigenvalue weighted by atomic mass is 19.4. The van der Waals surface area contributed by atoms with Crippen molar-refractivity contribution < 1.29 is 17.7 Å². The van der Waals surface area contributed by atoms with Gasteiger partial charge in [-0.15, -0.1) is 0 Å². The summed E-state index contributed by atoms with van der Waals surface area (Å²) in [5, 5.41) is 11.4. The van der Waals surface area contributed by atoms with Crippen molar-refractivity contribution in [2.45, 2.75) is 12.6 Å². The minimum absolute atomic E-state index is 0.0101. The Bertz CT molecular complexity index is 565. The van der Waals surface area contributed by atoms with E-state index in [0.717, 1.165) is 0 Å². The molecule has 0 aliphatic carbocycles. The Morgan fingerprint density at radius 1 is 1.38 bits per heavy atom. The first kappa shape index (κ1) is 10.5. The standard InChI is InChI=1S/C10H5F3N2O/c11-10(12,13)9-7-3-1-2-6(4-5-14)8(7)16-15-9/h1-3H,4H2. The van der Waals surface area contributed by atoms with Gasteiger partial charge in [0.2, 0.25) is 0 Å². The third kappa shape index (κ3) is 1.60. The number of aromatic nitrogens is 1. The Morgan fingerprint density at radius 2 is 2.12 bits per heavy atom. The van der Waals surface area contributed by atoms with Gasteiger partial charge < -0.3 is 4.52 Å². The van der Waals surface area contributed by atoms with Gasteiger partial charge in [-0.25, -0.2) is 0 Å². The molecule has 0 aliphatic rings. The van der Waals surface area contributed by atoms with Crippen LogP contribution in [0, 0.1) is 11.3 Å². The van der Waals surface area contributed by atoms with Crippen molar-refractivity contribution in [1.29, 1.82) is 5.26 Å². The zero-order valence-electron chi connectivity index (χ0n) is 7.88. The van der Waals surface area contributed by atoms with Crippen molar-refractivity contribution in [3.63, 3.8) is 0 Å². The van der Waals surface area contributed by atoms with Gasteiger partial charge in [-0.1, -0.05) is 17.3 Å². The summed E-state index contributed by atoms with van der Waals surface area (Å²) in [6.45, 7) is 0. The number of fused-ring (bicyclic) bond motifs is 1. The molecule has 1 aromatic carbocycles. The van der Waals surface area contributed by atoms with Crippen LogP contribution in [0.1, 0.15) is 11.3 Å². The van der Waals surface area contributed by atoms with Crippen molar-refractivity contribution >= 4 is 11.0 Å². The molecule has 0 saturated heterocycles. The first-order valence-corrected chi connectivity index (χ1v) is 4.35. The van der Waals surface area contributed by atoms with E-state index < -0.39 is 11.9 Å². The number of nitriles is 1. The van der Waals surface area contributed by atoms with E-state index in [9.17, 15) is 13.2 Å². The van der Waals surface area contributed by atoms with E-state index in [2.05, 4.69) is 9.68 Å². The third-order valence-corrected chi connectivity index (χ3v) is 2.12. The van der Waals surface area contributed by atoms with E-state index in [1.165, 1.54) is 18.2 Å². The van der Waals surface area contributed by atoms with Gasteiger partial charge >= 0.3 is 6.18 Å². The molecule has 0 atom stereocenters. The maximum atomic E-state index is 12.5. The summed E-state index contributed by atoms with van der Waals surface area (Å²) in [6, 6.07) is 6.11. The fourth-order valence-electron chi connectivity index (χ4n) is 1.45. The topological polar surface area (TPSA) is 49.8 Å². The van der Waals surface area contributed by atoms with E-state index in [4.69, 9.17) is 5.26 Å². The van der Waals surface area contributed by atoms with Gasteiger partial charge in [0.25, 0.3) is 0 Å². The Morgan fingerprint density at radius 3 is 2.75 bits per heavy atom. The summed E-state index contributed by atoms with van der Waals surface area (Å²) in [5.41, 5.74) is -0.623. The van der Waals surface area contributed by atoms with Gasteiger partial charge in [-0.05, 0) is 6.07 Å². The average molecular weight is 226 g/mol. The summed E-state index contributed by atoms with van der Waals surface area (Å²) >= 11 is 0. The highest BCUT2D eigenvalue weighted by molar-refractivity contribution is 5.83. The molecule has 82 valence electrons. The Hall–Kier alpha value is -2.03. The molecule has 0 unspecified atom stereocenters. The molecule has 0 N–H and O–H groups in total. The molecule has 6 heteroatoms. The molecule has 16 heavy (non-hydrogen) atoms. The SMILES string of the molecule is N#CCc1cccc2c(C(F)(F)F)noc12. The van der Waals surface area contributed by atoms with Crippen LogP contribution in [0.2, 0.25) is 0 Å². The maximum absolute atomic E-state index is 12.5. The van der Waals surface area contributed by atoms with Crippen LogP contribution in [0.3, 0.4) is 0 Å². The van der Waals surface area contributed by atoms with Gasteiger partial charge in [0.05, 0.1) is 17.9 Å². The van der Waals surface area contributed by atoms with Crippen molar-refractivity contribution in [3.05, 3.63) is 29.5 Å². The van der Waals surface area contributed by atoms with Crippen LogP contribution in [0.25, 0.3) is 11.0 Å². The van der Waals surface area contributed by atoms with Gasteiger partial charge in [0, 0.05) is 5.56 Å². The molecule has 2 rings (SSSR count). The summed E-state index contributed by atoms with van der Waals surface area (Å²) in [7, 11) is 0. The van der Waals surface area contributed by atoms with E-state index in [1.54, 1.807) is 0 Å². The minimum atomic E-state index is -4.55. The van der Waals surface area contributed by atoms with E-state index in [1.807, 2.05) is 6.07 Å². The number of rotatable bonds is 1. The molecular formula is C10H5F3N2O. The monoisotopic (exact) mass is 226 g/mol. The second kappa shape index (κ2) is 3.52. The van der Waals surface area contributed by atoms with Gasteiger partial charge in [-0.2, -0.15) is 18.4 Å². The highest BCUT2D eigenvalue weighted by Gasteiger charge is 2.37. The fraction of sp³-hybridized carbons (Fsp3) is 0.200. The normalized spacial score (nSPS) is 11.6. The maximum Gasteiger partial charge on any atom is 0.437 e. The van der Waals surface area contributed by atoms with Crippen LogP contribution in [-0.4, -0.2) is 5.16 Å². The third-order valence-electron chi connectivity index (χ3n) is 2.12. The van der Waals surface area contributed by atoms with Gasteiger partial charge in [-0.3, -0.25) is 0 Å². The van der Waals surface area contributed by atoms with Crippen LogP contribution in [0.4, 0.5) is 13.2 Å². The summed E-state index contributed by atoms with van der Waals surface area (Å²) < 4.78 is 42.1. The van der Waals surface area contributed by atoms with E-state index in [0.29, 0.717) is 5.56 Å². The fourth-order valence-corrected chi connectivity index (χ4v) is 1.45. The van der Waals surface area contributed by atoms with Crippen LogP contribution in [0.5, 0.6) is 0 Å². The number of benzene rings is 1. The summed E-state index contributed by atoms with van der Waals surface area (Å²) in [4.78, 5) is 0. The molecule has 1 aromatic heterocycles. The Labute approximate surface area is 88.1 Å². The number of halogens is 3. The molecular weight excluding hydrogens is 221 g/mol. The molecule has 0 bridgehead atoms. The van der Waals surface area contributed by atoms with Crippen molar-refractivity contribution in [3.8, 4) is 6.07 Å². The van der Waals surface area contributed by atoms with Gasteiger partial charge in [0.1, 0.15) is 0 Å². The number of hydrogen-bond donors (Lipinski definition) is 0. The zero-order chi connectivity index (χ0) is 11.8. The number of hydrogen-bond acceptors (Lipinski definition) is 3. The molecule has 0 saturated carbocycles. The molecule has 0 fully saturated rings. The molecule has 0 aliphatic heterocycles.